The Morgan fingerprint density at radius 1 is 1.27 bits per heavy atom. The Labute approximate surface area is 74.7 Å². The first kappa shape index (κ1) is 7.52. The molecule has 0 radical (unpaired) electrons. The van der Waals surface area contributed by atoms with Crippen molar-refractivity contribution in [3.8, 4) is 0 Å². The van der Waals surface area contributed by atoms with Crippen LogP contribution in [0.15, 0.2) is 0 Å². The van der Waals surface area contributed by atoms with E-state index in [-0.39, 0.29) is 45.0 Å². The molecule has 2 atom stereocenters. The van der Waals surface area contributed by atoms with E-state index in [9.17, 15) is 9.59 Å². The molecule has 11 heavy (non-hydrogen) atoms. The Balaban J connectivity index is 2.19. The number of alkyl halides is 2. The van der Waals surface area contributed by atoms with Crippen LogP contribution in [0.5, 0.6) is 0 Å². The molecule has 2 aliphatic heterocycles. The van der Waals surface area contributed by atoms with Gasteiger partial charge in [-0.05, 0) is 0 Å². The molecule has 0 aromatic carbocycles. The van der Waals surface area contributed by atoms with Gasteiger partial charge < -0.3 is 0 Å². The van der Waals surface area contributed by atoms with Crippen molar-refractivity contribution in [3.05, 3.63) is 0 Å². The topological polar surface area (TPSA) is 43.4 Å². The zero-order chi connectivity index (χ0) is 7.84. The van der Waals surface area contributed by atoms with Gasteiger partial charge in [0.2, 0.25) is 0 Å². The van der Waals surface area contributed by atoms with E-state index in [1.165, 1.54) is 4.43 Å². The van der Waals surface area contributed by atoms with E-state index in [0.29, 0.717) is 0 Å². The quantitative estimate of drug-likeness (QED) is 0.201. The number of cyclic esters (lactones) is 2. The summed E-state index contributed by atoms with van der Waals surface area (Å²) in [6, 6.07) is 0. The van der Waals surface area contributed by atoms with Crippen molar-refractivity contribution in [1.29, 1.82) is 0 Å². The fourth-order valence-electron chi connectivity index (χ4n) is 1.46. The van der Waals surface area contributed by atoms with Crippen LogP contribution in [0.25, 0.3) is 0 Å². The van der Waals surface area contributed by atoms with E-state index >= 15 is 0 Å². The molecule has 0 bridgehead atoms. The second-order valence-corrected chi connectivity index (χ2v) is 5.81. The summed E-state index contributed by atoms with van der Waals surface area (Å²) in [4.78, 5) is 22.0. The number of halogens is 1. The van der Waals surface area contributed by atoms with Crippen molar-refractivity contribution in [2.24, 2.45) is 11.8 Å². The van der Waals surface area contributed by atoms with Gasteiger partial charge in [0.1, 0.15) is 0 Å². The molecule has 2 fully saturated rings. The standard InChI is InChI=1S/C7H8IO3/c9-6-4-1-2-8-3-5(4)7(10)11-6/h4-5H,1-3H2/q-1. The van der Waals surface area contributed by atoms with Crippen molar-refractivity contribution in [3.63, 3.8) is 0 Å². The Kier molecular flexibility index (Phi) is 1.86. The van der Waals surface area contributed by atoms with Crippen LogP contribution in [0.2, 0.25) is 0 Å². The number of hydrogen-bond donors (Lipinski definition) is 0. The van der Waals surface area contributed by atoms with E-state index < -0.39 is 0 Å². The van der Waals surface area contributed by atoms with Gasteiger partial charge in [0.05, 0.1) is 0 Å². The second kappa shape index (κ2) is 2.73. The van der Waals surface area contributed by atoms with Gasteiger partial charge in [-0.15, -0.1) is 0 Å². The molecule has 2 unspecified atom stereocenters. The fourth-order valence-corrected chi connectivity index (χ4v) is 4.65. The SMILES string of the molecule is O=C1OC(=O)C2C[I-]CCC12. The third kappa shape index (κ3) is 1.17. The zero-order valence-electron chi connectivity index (χ0n) is 5.88. The second-order valence-electron chi connectivity index (χ2n) is 2.77. The van der Waals surface area contributed by atoms with Gasteiger partial charge in [0.25, 0.3) is 0 Å². The van der Waals surface area contributed by atoms with Gasteiger partial charge in [0.15, 0.2) is 0 Å². The molecule has 0 spiro atoms. The maximum absolute atomic E-state index is 11.0. The minimum absolute atomic E-state index is 0.0518. The van der Waals surface area contributed by atoms with Crippen LogP contribution in [0, 0.1) is 11.8 Å². The molecule has 0 aromatic rings. The molecule has 0 aromatic heterocycles. The Hall–Kier alpha value is -0.130. The van der Waals surface area contributed by atoms with Gasteiger partial charge in [-0.2, -0.15) is 0 Å². The van der Waals surface area contributed by atoms with E-state index in [0.717, 1.165) is 10.8 Å². The molecular formula is C7H8IO3-. The molecule has 2 rings (SSSR count). The number of carbonyl (C=O) groups is 2. The van der Waals surface area contributed by atoms with Crippen molar-refractivity contribution in [1.82, 2.24) is 0 Å². The summed E-state index contributed by atoms with van der Waals surface area (Å²) in [5.74, 6) is -0.664. The van der Waals surface area contributed by atoms with Crippen LogP contribution in [0.1, 0.15) is 6.42 Å². The summed E-state index contributed by atoms with van der Waals surface area (Å²) in [5, 5.41) is 0. The molecule has 3 nitrogen and oxygen atoms in total. The van der Waals surface area contributed by atoms with Crippen LogP contribution >= 0.6 is 0 Å². The first-order chi connectivity index (χ1) is 5.29. The predicted octanol–water partition coefficient (Wildman–Crippen LogP) is -3.21. The molecule has 4 heteroatoms. The zero-order valence-corrected chi connectivity index (χ0v) is 8.04. The number of hydrogen-bond acceptors (Lipinski definition) is 3. The molecule has 0 N–H and O–H groups in total. The van der Waals surface area contributed by atoms with Gasteiger partial charge in [0, 0.05) is 0 Å². The molecule has 0 saturated carbocycles. The van der Waals surface area contributed by atoms with Gasteiger partial charge in [-0.25, -0.2) is 0 Å². The normalized spacial score (nSPS) is 37.5. The van der Waals surface area contributed by atoms with Crippen LogP contribution in [-0.4, -0.2) is 20.8 Å². The van der Waals surface area contributed by atoms with E-state index in [2.05, 4.69) is 4.74 Å². The monoisotopic (exact) mass is 267 g/mol. The van der Waals surface area contributed by atoms with Gasteiger partial charge in [-0.1, -0.05) is 0 Å². The Morgan fingerprint density at radius 2 is 2.00 bits per heavy atom. The van der Waals surface area contributed by atoms with Gasteiger partial charge in [-0.3, -0.25) is 0 Å². The molecule has 2 aliphatic rings. The molecule has 62 valence electrons. The summed E-state index contributed by atoms with van der Waals surface area (Å²) < 4.78 is 6.67. The molecule has 2 heterocycles. The van der Waals surface area contributed by atoms with Crippen molar-refractivity contribution >= 4 is 11.9 Å². The number of ether oxygens (including phenoxy) is 1. The van der Waals surface area contributed by atoms with Crippen molar-refractivity contribution in [2.45, 2.75) is 6.42 Å². The summed E-state index contributed by atoms with van der Waals surface area (Å²) in [6.07, 6.45) is 0.891. The summed E-state index contributed by atoms with van der Waals surface area (Å²) in [7, 11) is 0. The number of esters is 2. The van der Waals surface area contributed by atoms with E-state index in [1.807, 2.05) is 0 Å². The predicted molar refractivity (Wildman–Crippen MR) is 32.4 cm³/mol. The van der Waals surface area contributed by atoms with Crippen molar-refractivity contribution in [2.75, 3.05) is 8.86 Å². The summed E-state index contributed by atoms with van der Waals surface area (Å²) in [5.41, 5.74) is 0. The van der Waals surface area contributed by atoms with Crippen LogP contribution < -0.4 is 21.2 Å². The van der Waals surface area contributed by atoms with E-state index in [1.54, 1.807) is 0 Å². The van der Waals surface area contributed by atoms with Crippen LogP contribution in [0.3, 0.4) is 0 Å². The average Bonchev–Trinajstić information content (AvgIpc) is 2.30. The summed E-state index contributed by atoms with van der Waals surface area (Å²) in [6.45, 7) is 0. The molecule has 0 amide bonds. The maximum atomic E-state index is 11.0. The molecular weight excluding hydrogens is 259 g/mol. The summed E-state index contributed by atoms with van der Waals surface area (Å²) >= 11 is 0.181. The third-order valence-electron chi connectivity index (χ3n) is 2.12. The Morgan fingerprint density at radius 3 is 2.73 bits per heavy atom. The van der Waals surface area contributed by atoms with Crippen LogP contribution in [-0.2, 0) is 14.3 Å². The average molecular weight is 267 g/mol. The van der Waals surface area contributed by atoms with E-state index in [4.69, 9.17) is 0 Å². The molecule has 0 aliphatic carbocycles. The van der Waals surface area contributed by atoms with Crippen LogP contribution in [0.4, 0.5) is 0 Å². The first-order valence-electron chi connectivity index (χ1n) is 3.58. The van der Waals surface area contributed by atoms with Crippen molar-refractivity contribution < 1.29 is 35.5 Å². The fraction of sp³-hybridized carbons (Fsp3) is 0.714. The first-order valence-corrected chi connectivity index (χ1v) is 6.63. The molecule has 2 saturated heterocycles. The third-order valence-corrected chi connectivity index (χ3v) is 5.08. The minimum atomic E-state index is -0.274. The number of rotatable bonds is 0. The Bertz CT molecular complexity index is 192. The number of carbonyl (C=O) groups excluding carboxylic acids is 2. The van der Waals surface area contributed by atoms with Gasteiger partial charge >= 0.3 is 74.6 Å². The number of fused-ring (bicyclic) bond motifs is 1.